The average Bonchev–Trinajstić information content (AvgIpc) is 3.19. The number of nitrogens with zero attached hydrogens (tertiary/aromatic N) is 5. The lowest BCUT2D eigenvalue weighted by atomic mass is 10.3. The van der Waals surface area contributed by atoms with E-state index in [1.165, 1.54) is 25.1 Å². The van der Waals surface area contributed by atoms with Crippen molar-refractivity contribution in [2.45, 2.75) is 25.3 Å². The summed E-state index contributed by atoms with van der Waals surface area (Å²) in [5.41, 5.74) is -0.0174. The van der Waals surface area contributed by atoms with E-state index in [9.17, 15) is 10.1 Å². The summed E-state index contributed by atoms with van der Waals surface area (Å²) < 4.78 is 2.08. The van der Waals surface area contributed by atoms with Crippen LogP contribution in [0.3, 0.4) is 0 Å². The van der Waals surface area contributed by atoms with Crippen molar-refractivity contribution >= 4 is 11.5 Å². The number of nitrogens with one attached hydrogen (secondary N) is 1. The fourth-order valence-corrected chi connectivity index (χ4v) is 2.08. The molecule has 0 saturated heterocycles. The van der Waals surface area contributed by atoms with Crippen LogP contribution in [0.2, 0.25) is 0 Å². The number of rotatable bonds is 6. The van der Waals surface area contributed by atoms with Gasteiger partial charge in [0.15, 0.2) is 0 Å². The lowest BCUT2D eigenvalue weighted by Crippen LogP contribution is -2.11. The maximum absolute atomic E-state index is 10.9. The molecule has 0 aromatic carbocycles. The van der Waals surface area contributed by atoms with Crippen molar-refractivity contribution in [2.75, 3.05) is 11.9 Å². The summed E-state index contributed by atoms with van der Waals surface area (Å²) in [7, 11) is 0. The van der Waals surface area contributed by atoms with Crippen molar-refractivity contribution in [3.63, 3.8) is 0 Å². The third-order valence-corrected chi connectivity index (χ3v) is 3.21. The summed E-state index contributed by atoms with van der Waals surface area (Å²) >= 11 is 0. The van der Waals surface area contributed by atoms with Crippen molar-refractivity contribution in [3.8, 4) is 0 Å². The molecular formula is C12H14N6O2. The molecule has 0 atom stereocenters. The van der Waals surface area contributed by atoms with Gasteiger partial charge in [-0.1, -0.05) is 0 Å². The van der Waals surface area contributed by atoms with Crippen molar-refractivity contribution in [1.82, 2.24) is 19.7 Å². The molecule has 104 valence electrons. The first-order valence-corrected chi connectivity index (χ1v) is 6.47. The van der Waals surface area contributed by atoms with E-state index in [1.54, 1.807) is 12.4 Å². The highest BCUT2D eigenvalue weighted by atomic mass is 16.6. The molecule has 20 heavy (non-hydrogen) atoms. The van der Waals surface area contributed by atoms with Gasteiger partial charge in [0.05, 0.1) is 4.92 Å². The molecule has 0 spiro atoms. The Bertz CT molecular complexity index is 622. The first-order chi connectivity index (χ1) is 9.75. The lowest BCUT2D eigenvalue weighted by molar-refractivity contribution is -0.384. The highest BCUT2D eigenvalue weighted by molar-refractivity contribution is 5.54. The fourth-order valence-electron chi connectivity index (χ4n) is 2.08. The van der Waals surface area contributed by atoms with Gasteiger partial charge in [-0.2, -0.15) is 0 Å². The minimum atomic E-state index is -0.442. The van der Waals surface area contributed by atoms with Crippen molar-refractivity contribution in [2.24, 2.45) is 0 Å². The van der Waals surface area contributed by atoms with E-state index in [2.05, 4.69) is 25.1 Å². The van der Waals surface area contributed by atoms with Gasteiger partial charge in [0, 0.05) is 31.3 Å². The minimum Gasteiger partial charge on any atom is -0.364 e. The SMILES string of the molecule is O=[N+]([O-])c1cccnc1NCCc1nncn1C1CC1. The van der Waals surface area contributed by atoms with Crippen LogP contribution < -0.4 is 5.32 Å². The van der Waals surface area contributed by atoms with Gasteiger partial charge in [-0.15, -0.1) is 10.2 Å². The summed E-state index contributed by atoms with van der Waals surface area (Å²) in [5.74, 6) is 1.19. The van der Waals surface area contributed by atoms with Gasteiger partial charge in [-0.25, -0.2) is 4.98 Å². The zero-order chi connectivity index (χ0) is 13.9. The van der Waals surface area contributed by atoms with Crippen LogP contribution >= 0.6 is 0 Å². The predicted molar refractivity (Wildman–Crippen MR) is 71.4 cm³/mol. The number of hydrogen-bond donors (Lipinski definition) is 1. The first-order valence-electron chi connectivity index (χ1n) is 6.47. The summed E-state index contributed by atoms with van der Waals surface area (Å²) in [6.45, 7) is 0.531. The number of anilines is 1. The van der Waals surface area contributed by atoms with E-state index >= 15 is 0 Å². The van der Waals surface area contributed by atoms with Crippen LogP contribution in [0.4, 0.5) is 11.5 Å². The van der Waals surface area contributed by atoms with Crippen LogP contribution in [0.1, 0.15) is 24.7 Å². The quantitative estimate of drug-likeness (QED) is 0.634. The van der Waals surface area contributed by atoms with Crippen LogP contribution in [-0.4, -0.2) is 31.2 Å². The smallest absolute Gasteiger partial charge is 0.311 e. The van der Waals surface area contributed by atoms with Crippen LogP contribution in [0.5, 0.6) is 0 Å². The molecule has 0 unspecified atom stereocenters. The standard InChI is InChI=1S/C12H14N6O2/c19-18(20)10-2-1-6-13-12(10)14-7-5-11-16-15-8-17(11)9-3-4-9/h1-2,6,8-9H,3-5,7H2,(H,13,14). The molecule has 2 aromatic heterocycles. The van der Waals surface area contributed by atoms with E-state index in [0.29, 0.717) is 19.0 Å². The minimum absolute atomic E-state index is 0.0174. The molecule has 0 radical (unpaired) electrons. The Hall–Kier alpha value is -2.51. The van der Waals surface area contributed by atoms with Crippen molar-refractivity contribution in [1.29, 1.82) is 0 Å². The maximum Gasteiger partial charge on any atom is 0.311 e. The Kier molecular flexibility index (Phi) is 3.28. The third kappa shape index (κ3) is 2.58. The number of aromatic nitrogens is 4. The van der Waals surface area contributed by atoms with Crippen molar-refractivity contribution < 1.29 is 4.92 Å². The molecule has 0 aliphatic heterocycles. The van der Waals surface area contributed by atoms with Gasteiger partial charge in [-0.05, 0) is 18.9 Å². The monoisotopic (exact) mass is 274 g/mol. The topological polar surface area (TPSA) is 98.8 Å². The molecule has 1 N–H and O–H groups in total. The molecule has 8 heteroatoms. The van der Waals surface area contributed by atoms with Crippen LogP contribution in [0.25, 0.3) is 0 Å². The zero-order valence-electron chi connectivity index (χ0n) is 10.8. The molecule has 2 heterocycles. The molecule has 1 fully saturated rings. The van der Waals surface area contributed by atoms with E-state index < -0.39 is 4.92 Å². The Labute approximate surface area is 115 Å². The average molecular weight is 274 g/mol. The van der Waals surface area contributed by atoms with Gasteiger partial charge in [0.1, 0.15) is 12.2 Å². The van der Waals surface area contributed by atoms with E-state index in [1.807, 2.05) is 0 Å². The van der Waals surface area contributed by atoms with E-state index in [-0.39, 0.29) is 11.5 Å². The Balaban J connectivity index is 1.62. The fraction of sp³-hybridized carbons (Fsp3) is 0.417. The Morgan fingerprint density at radius 1 is 1.50 bits per heavy atom. The summed E-state index contributed by atoms with van der Waals surface area (Å²) in [4.78, 5) is 14.4. The summed E-state index contributed by atoms with van der Waals surface area (Å²) in [6.07, 6.45) is 6.27. The predicted octanol–water partition coefficient (Wildman–Crippen LogP) is 1.57. The highest BCUT2D eigenvalue weighted by Gasteiger charge is 2.25. The second-order valence-electron chi connectivity index (χ2n) is 4.69. The Morgan fingerprint density at radius 2 is 2.35 bits per heavy atom. The van der Waals surface area contributed by atoms with Gasteiger partial charge in [0.2, 0.25) is 5.82 Å². The maximum atomic E-state index is 10.9. The Morgan fingerprint density at radius 3 is 3.10 bits per heavy atom. The molecule has 1 aliphatic carbocycles. The third-order valence-electron chi connectivity index (χ3n) is 3.21. The van der Waals surface area contributed by atoms with Crippen molar-refractivity contribution in [3.05, 3.63) is 40.6 Å². The number of pyridine rings is 1. The van der Waals surface area contributed by atoms with Gasteiger partial charge < -0.3 is 9.88 Å². The molecule has 1 aliphatic rings. The second kappa shape index (κ2) is 5.24. The zero-order valence-corrected chi connectivity index (χ0v) is 10.8. The number of hydrogen-bond acceptors (Lipinski definition) is 6. The lowest BCUT2D eigenvalue weighted by Gasteiger charge is -2.07. The van der Waals surface area contributed by atoms with Crippen LogP contribution in [-0.2, 0) is 6.42 Å². The largest absolute Gasteiger partial charge is 0.364 e. The first kappa shape index (κ1) is 12.5. The second-order valence-corrected chi connectivity index (χ2v) is 4.69. The molecular weight excluding hydrogens is 260 g/mol. The summed E-state index contributed by atoms with van der Waals surface area (Å²) in [5, 5.41) is 21.9. The van der Waals surface area contributed by atoms with Gasteiger partial charge in [-0.3, -0.25) is 10.1 Å². The van der Waals surface area contributed by atoms with E-state index in [4.69, 9.17) is 0 Å². The van der Waals surface area contributed by atoms with Gasteiger partial charge >= 0.3 is 5.69 Å². The van der Waals surface area contributed by atoms with Crippen LogP contribution in [0, 0.1) is 10.1 Å². The summed E-state index contributed by atoms with van der Waals surface area (Å²) in [6, 6.07) is 3.51. The van der Waals surface area contributed by atoms with Gasteiger partial charge in [0.25, 0.3) is 0 Å². The molecule has 8 nitrogen and oxygen atoms in total. The molecule has 0 bridgehead atoms. The van der Waals surface area contributed by atoms with Crippen LogP contribution in [0.15, 0.2) is 24.7 Å². The number of nitro groups is 1. The molecule has 0 amide bonds. The normalized spacial score (nSPS) is 14.2. The molecule has 2 aromatic rings. The molecule has 1 saturated carbocycles. The molecule has 3 rings (SSSR count). The van der Waals surface area contributed by atoms with E-state index in [0.717, 1.165) is 5.82 Å². The highest BCUT2D eigenvalue weighted by Crippen LogP contribution is 2.35.